The number of ether oxygens (including phenoxy) is 2. The normalized spacial score (nSPS) is 10.6. The summed E-state index contributed by atoms with van der Waals surface area (Å²) in [6.07, 6.45) is 3.93. The molecule has 0 aliphatic heterocycles. The van der Waals surface area contributed by atoms with Gasteiger partial charge in [0.1, 0.15) is 17.3 Å². The second-order valence-corrected chi connectivity index (χ2v) is 4.63. The van der Waals surface area contributed by atoms with Gasteiger partial charge < -0.3 is 9.47 Å². The maximum atomic E-state index is 12.7. The van der Waals surface area contributed by atoms with E-state index in [4.69, 9.17) is 9.47 Å². The molecule has 4 heteroatoms. The Bertz CT molecular complexity index is 630. The van der Waals surface area contributed by atoms with Crippen LogP contribution in [0.15, 0.2) is 54.6 Å². The van der Waals surface area contributed by atoms with Crippen LogP contribution >= 0.6 is 0 Å². The van der Waals surface area contributed by atoms with Crippen LogP contribution in [0.2, 0.25) is 0 Å². The number of rotatable bonds is 6. The highest BCUT2D eigenvalue weighted by molar-refractivity contribution is 5.88. The summed E-state index contributed by atoms with van der Waals surface area (Å²) in [5, 5.41) is 0. The Balaban J connectivity index is 1.90. The van der Waals surface area contributed by atoms with Gasteiger partial charge in [0, 0.05) is 6.08 Å². The first-order chi connectivity index (χ1) is 10.7. The molecule has 22 heavy (non-hydrogen) atoms. The van der Waals surface area contributed by atoms with Crippen LogP contribution in [0, 0.1) is 5.82 Å². The molecule has 0 unspecified atom stereocenters. The average molecular weight is 300 g/mol. The van der Waals surface area contributed by atoms with Gasteiger partial charge in [-0.05, 0) is 54.5 Å². The Morgan fingerprint density at radius 2 is 1.68 bits per heavy atom. The second kappa shape index (κ2) is 7.98. The number of esters is 1. The van der Waals surface area contributed by atoms with Crippen LogP contribution < -0.4 is 9.47 Å². The predicted octanol–water partition coefficient (Wildman–Crippen LogP) is 4.23. The van der Waals surface area contributed by atoms with E-state index in [2.05, 4.69) is 0 Å². The lowest BCUT2D eigenvalue weighted by Crippen LogP contribution is -2.03. The summed E-state index contributed by atoms with van der Waals surface area (Å²) >= 11 is 0. The van der Waals surface area contributed by atoms with Crippen molar-refractivity contribution in [3.8, 4) is 11.5 Å². The molecule has 2 aromatic rings. The molecular formula is C18H17FO3. The molecule has 3 nitrogen and oxygen atoms in total. The van der Waals surface area contributed by atoms with Crippen molar-refractivity contribution in [2.24, 2.45) is 0 Å². The molecule has 0 aliphatic rings. The number of carbonyl (C=O) groups is 1. The van der Waals surface area contributed by atoms with Crippen LogP contribution in [0.25, 0.3) is 6.08 Å². The van der Waals surface area contributed by atoms with Gasteiger partial charge in [0.05, 0.1) is 6.61 Å². The lowest BCUT2D eigenvalue weighted by molar-refractivity contribution is -0.128. The second-order valence-electron chi connectivity index (χ2n) is 4.63. The summed E-state index contributed by atoms with van der Waals surface area (Å²) in [6, 6.07) is 12.7. The summed E-state index contributed by atoms with van der Waals surface area (Å²) in [4.78, 5) is 11.7. The van der Waals surface area contributed by atoms with Crippen LogP contribution in [-0.4, -0.2) is 12.6 Å². The minimum absolute atomic E-state index is 0.305. The minimum atomic E-state index is -0.516. The molecule has 0 aromatic heterocycles. The van der Waals surface area contributed by atoms with Gasteiger partial charge in [-0.25, -0.2) is 9.18 Å². The third-order valence-corrected chi connectivity index (χ3v) is 2.80. The van der Waals surface area contributed by atoms with Gasteiger partial charge in [0.15, 0.2) is 0 Å². The van der Waals surface area contributed by atoms with Crippen molar-refractivity contribution in [3.63, 3.8) is 0 Å². The number of halogens is 1. The first kappa shape index (κ1) is 15.8. The van der Waals surface area contributed by atoms with E-state index >= 15 is 0 Å². The summed E-state index contributed by atoms with van der Waals surface area (Å²) < 4.78 is 23.3. The van der Waals surface area contributed by atoms with Crippen LogP contribution in [0.4, 0.5) is 4.39 Å². The molecule has 0 aliphatic carbocycles. The van der Waals surface area contributed by atoms with E-state index in [1.807, 2.05) is 31.2 Å². The van der Waals surface area contributed by atoms with Crippen molar-refractivity contribution in [1.82, 2.24) is 0 Å². The van der Waals surface area contributed by atoms with E-state index < -0.39 is 5.97 Å². The van der Waals surface area contributed by atoms with Gasteiger partial charge in [0.2, 0.25) is 0 Å². The maximum Gasteiger partial charge on any atom is 0.336 e. The molecule has 2 rings (SSSR count). The van der Waals surface area contributed by atoms with Crippen LogP contribution in [0.5, 0.6) is 11.5 Å². The fraction of sp³-hybridized carbons (Fsp3) is 0.167. The summed E-state index contributed by atoms with van der Waals surface area (Å²) in [6.45, 7) is 2.73. The lowest BCUT2D eigenvalue weighted by Gasteiger charge is -2.04. The van der Waals surface area contributed by atoms with Gasteiger partial charge in [-0.15, -0.1) is 0 Å². The van der Waals surface area contributed by atoms with Crippen LogP contribution in [0.1, 0.15) is 18.9 Å². The van der Waals surface area contributed by atoms with Gasteiger partial charge in [-0.1, -0.05) is 19.1 Å². The Morgan fingerprint density at radius 3 is 2.32 bits per heavy atom. The highest BCUT2D eigenvalue weighted by Gasteiger charge is 2.01. The number of hydrogen-bond acceptors (Lipinski definition) is 3. The Kier molecular flexibility index (Phi) is 5.72. The number of carbonyl (C=O) groups excluding carboxylic acids is 1. The first-order valence-corrected chi connectivity index (χ1v) is 7.05. The minimum Gasteiger partial charge on any atom is -0.494 e. The average Bonchev–Trinajstić information content (AvgIpc) is 2.54. The fourth-order valence-corrected chi connectivity index (χ4v) is 1.71. The quantitative estimate of drug-likeness (QED) is 0.455. The van der Waals surface area contributed by atoms with E-state index in [-0.39, 0.29) is 5.82 Å². The smallest absolute Gasteiger partial charge is 0.336 e. The zero-order valence-corrected chi connectivity index (χ0v) is 12.3. The highest BCUT2D eigenvalue weighted by Crippen LogP contribution is 2.14. The lowest BCUT2D eigenvalue weighted by atomic mass is 10.2. The zero-order valence-electron chi connectivity index (χ0n) is 12.3. The Hall–Kier alpha value is -2.62. The molecule has 0 saturated carbocycles. The molecule has 0 heterocycles. The van der Waals surface area contributed by atoms with Crippen LogP contribution in [-0.2, 0) is 4.79 Å². The molecule has 2 aromatic carbocycles. The molecule has 0 bridgehead atoms. The third kappa shape index (κ3) is 5.05. The van der Waals surface area contributed by atoms with Gasteiger partial charge in [0.25, 0.3) is 0 Å². The van der Waals surface area contributed by atoms with Crippen molar-refractivity contribution >= 4 is 12.0 Å². The molecule has 0 spiro atoms. The van der Waals surface area contributed by atoms with E-state index in [9.17, 15) is 9.18 Å². The highest BCUT2D eigenvalue weighted by atomic mass is 19.1. The molecule has 0 fully saturated rings. The molecule has 0 amide bonds. The molecule has 0 radical (unpaired) electrons. The van der Waals surface area contributed by atoms with E-state index in [1.165, 1.54) is 30.3 Å². The molecule has 0 saturated heterocycles. The Morgan fingerprint density at radius 1 is 1.05 bits per heavy atom. The van der Waals surface area contributed by atoms with Crippen LogP contribution in [0.3, 0.4) is 0 Å². The van der Waals surface area contributed by atoms with Crippen molar-refractivity contribution < 1.29 is 18.7 Å². The SMILES string of the molecule is CCCOc1ccc(C=CC(=O)Oc2ccc(F)cc2)cc1. The fourth-order valence-electron chi connectivity index (χ4n) is 1.71. The predicted molar refractivity (Wildman–Crippen MR) is 83.3 cm³/mol. The largest absolute Gasteiger partial charge is 0.494 e. The Labute approximate surface area is 129 Å². The molecule has 0 atom stereocenters. The van der Waals surface area contributed by atoms with Gasteiger partial charge >= 0.3 is 5.97 Å². The van der Waals surface area contributed by atoms with E-state index in [1.54, 1.807) is 6.08 Å². The van der Waals surface area contributed by atoms with Crippen molar-refractivity contribution in [3.05, 3.63) is 66.0 Å². The molecular weight excluding hydrogens is 283 g/mol. The van der Waals surface area contributed by atoms with Crippen molar-refractivity contribution in [2.45, 2.75) is 13.3 Å². The van der Waals surface area contributed by atoms with E-state index in [0.29, 0.717) is 12.4 Å². The molecule has 114 valence electrons. The maximum absolute atomic E-state index is 12.7. The summed E-state index contributed by atoms with van der Waals surface area (Å²) in [5.41, 5.74) is 0.861. The third-order valence-electron chi connectivity index (χ3n) is 2.80. The topological polar surface area (TPSA) is 35.5 Å². The number of benzene rings is 2. The standard InChI is InChI=1S/C18H17FO3/c1-2-13-21-16-8-3-14(4-9-16)5-12-18(20)22-17-10-6-15(19)7-11-17/h3-12H,2,13H2,1H3. The first-order valence-electron chi connectivity index (χ1n) is 7.05. The summed E-state index contributed by atoms with van der Waals surface area (Å²) in [5.74, 6) is 0.214. The van der Waals surface area contributed by atoms with Crippen molar-refractivity contribution in [2.75, 3.05) is 6.61 Å². The van der Waals surface area contributed by atoms with Crippen molar-refractivity contribution in [1.29, 1.82) is 0 Å². The zero-order chi connectivity index (χ0) is 15.8. The van der Waals surface area contributed by atoms with Gasteiger partial charge in [-0.3, -0.25) is 0 Å². The molecule has 0 N–H and O–H groups in total. The summed E-state index contributed by atoms with van der Waals surface area (Å²) in [7, 11) is 0. The van der Waals surface area contributed by atoms with Gasteiger partial charge in [-0.2, -0.15) is 0 Å². The van der Waals surface area contributed by atoms with E-state index in [0.717, 1.165) is 17.7 Å². The monoisotopic (exact) mass is 300 g/mol. The number of hydrogen-bond donors (Lipinski definition) is 0.